The largest absolute Gasteiger partial charge is 0.495 e. The first-order valence-electron chi connectivity index (χ1n) is 27.3. The molecule has 0 atom stereocenters. The van der Waals surface area contributed by atoms with Crippen LogP contribution in [0.5, 0.6) is 17.2 Å². The highest BCUT2D eigenvalue weighted by Gasteiger charge is 2.28. The number of aryl methyl sites for hydroxylation is 1. The number of rotatable bonds is 18. The first kappa shape index (κ1) is 59.4. The second kappa shape index (κ2) is 25.9. The standard InChI is InChI=1S/C20H21N6O2P.C20H25N4O2P.C18H25N6O2P/c1-28-16-8-14(9-21-11-16)10-23-20-24-13-19-22-12-18(26(19)25-20)15-4-6-17(7-5-15)29(2,3)27;1-3-15-12-22-20-13-21-19(14-24(15)20)23-17-8-7-16(11-18(17)26-2)27(25)9-5-4-6-10-27;1-6-27(25,7-2)13-8-9-14(15(10-13)26-5)21-16-11-17-19-12-20-24(17)18(22-16)23(3)4/h4-9,11-13H,10H2,1-3H3,(H,23,25);7-8,11-14,23H,3-6,9-10H2,1-2H3;8-12,21H,6-7H2,1-5H3. The maximum atomic E-state index is 13.3. The van der Waals surface area contributed by atoms with Gasteiger partial charge in [-0.3, -0.25) is 9.38 Å². The van der Waals surface area contributed by atoms with Crippen molar-refractivity contribution >= 4 is 89.2 Å². The molecule has 0 amide bonds. The summed E-state index contributed by atoms with van der Waals surface area (Å²) >= 11 is 0. The summed E-state index contributed by atoms with van der Waals surface area (Å²) in [6.45, 7) is 10.1. The Labute approximate surface area is 483 Å². The van der Waals surface area contributed by atoms with Crippen LogP contribution in [0, 0.1) is 0 Å². The maximum absolute atomic E-state index is 13.3. The Kier molecular flexibility index (Phi) is 18.6. The van der Waals surface area contributed by atoms with E-state index in [-0.39, 0.29) is 0 Å². The van der Waals surface area contributed by atoms with Crippen molar-refractivity contribution in [3.63, 3.8) is 0 Å². The topological polar surface area (TPSA) is 247 Å². The van der Waals surface area contributed by atoms with Crippen LogP contribution in [0.25, 0.3) is 28.2 Å². The zero-order valence-electron chi connectivity index (χ0n) is 48.5. The van der Waals surface area contributed by atoms with Crippen molar-refractivity contribution < 1.29 is 27.9 Å². The number of hydrogen-bond donors (Lipinski definition) is 3. The second-order valence-corrected chi connectivity index (χ2v) is 30.4. The molecule has 11 rings (SSSR count). The number of methoxy groups -OCH3 is 3. The molecule has 1 saturated heterocycles. The lowest BCUT2D eigenvalue weighted by molar-refractivity contribution is 0.412. The summed E-state index contributed by atoms with van der Waals surface area (Å²) in [5.41, 5.74) is 7.60. The fourth-order valence-electron chi connectivity index (χ4n) is 9.57. The SMILES string of the molecule is CCP(=O)(CC)c1ccc(Nc2cc3ncnn3c(N(C)C)n2)c(OC)c1.CCc1cnc2cnc(Nc3ccc(P4(=O)CCCCC4)cc3OC)cn12.COc1cncc(CNc2ncc3ncc(-c4ccc(P(C)(C)=O)cc4)n3n2)c1. The molecule has 0 unspecified atom stereocenters. The molecule has 1 aliphatic heterocycles. The van der Waals surface area contributed by atoms with Gasteiger partial charge < -0.3 is 48.8 Å². The molecule has 3 N–H and O–H groups in total. The van der Waals surface area contributed by atoms with Crippen LogP contribution in [-0.2, 0) is 26.7 Å². The smallest absolute Gasteiger partial charge is 0.241 e. The third kappa shape index (κ3) is 13.7. The highest BCUT2D eigenvalue weighted by atomic mass is 31.2. The van der Waals surface area contributed by atoms with E-state index in [9.17, 15) is 13.7 Å². The molecule has 0 spiro atoms. The van der Waals surface area contributed by atoms with E-state index in [1.807, 2.05) is 122 Å². The molecule has 8 heterocycles. The number of ether oxygens (including phenoxy) is 3. The van der Waals surface area contributed by atoms with E-state index in [4.69, 9.17) is 14.2 Å². The van der Waals surface area contributed by atoms with Crippen molar-refractivity contribution in [1.29, 1.82) is 0 Å². The van der Waals surface area contributed by atoms with Crippen LogP contribution >= 0.6 is 21.4 Å². The first-order chi connectivity index (χ1) is 40.0. The molecule has 0 aliphatic carbocycles. The predicted octanol–water partition coefficient (Wildman–Crippen LogP) is 10.2. The molecule has 7 aromatic heterocycles. The third-order valence-corrected chi connectivity index (χ3v) is 22.5. The van der Waals surface area contributed by atoms with E-state index >= 15 is 0 Å². The third-order valence-electron chi connectivity index (χ3n) is 14.4. The normalized spacial score (nSPS) is 13.1. The van der Waals surface area contributed by atoms with Crippen molar-refractivity contribution in [2.75, 3.05) is 94.3 Å². The number of aromatic nitrogens is 12. The molecule has 22 nitrogen and oxygen atoms in total. The Morgan fingerprint density at radius 3 is 2.05 bits per heavy atom. The summed E-state index contributed by atoms with van der Waals surface area (Å²) < 4.78 is 60.3. The average Bonchev–Trinajstić information content (AvgIpc) is 4.25. The number of benzene rings is 3. The van der Waals surface area contributed by atoms with Crippen LogP contribution < -0.4 is 51.0 Å². The molecule has 83 heavy (non-hydrogen) atoms. The van der Waals surface area contributed by atoms with Crippen molar-refractivity contribution in [2.24, 2.45) is 0 Å². The summed E-state index contributed by atoms with van der Waals surface area (Å²) in [6.07, 6.45) is 21.0. The van der Waals surface area contributed by atoms with Gasteiger partial charge in [-0.25, -0.2) is 29.4 Å². The molecule has 25 heteroatoms. The summed E-state index contributed by atoms with van der Waals surface area (Å²) in [4.78, 5) is 32.4. The number of pyridine rings is 1. The molecule has 3 aromatic carbocycles. The number of nitrogens with one attached hydrogen (secondary N) is 3. The quantitative estimate of drug-likeness (QED) is 0.0676. The summed E-state index contributed by atoms with van der Waals surface area (Å²) in [5.74, 6) is 4.49. The lowest BCUT2D eigenvalue weighted by Crippen LogP contribution is -2.16. The Balaban J connectivity index is 0.000000150. The summed E-state index contributed by atoms with van der Waals surface area (Å²) in [6, 6.07) is 22.9. The molecule has 434 valence electrons. The maximum Gasteiger partial charge on any atom is 0.241 e. The minimum absolute atomic E-state index is 0.475. The van der Waals surface area contributed by atoms with Gasteiger partial charge in [0.25, 0.3) is 0 Å². The number of nitrogens with zero attached hydrogens (tertiary/aromatic N) is 13. The molecular formula is C58H71N16O6P3. The van der Waals surface area contributed by atoms with E-state index in [2.05, 4.69) is 68.0 Å². The van der Waals surface area contributed by atoms with Crippen molar-refractivity contribution in [3.05, 3.63) is 134 Å². The van der Waals surface area contributed by atoms with Gasteiger partial charge in [0.05, 0.1) is 69.4 Å². The highest BCUT2D eigenvalue weighted by molar-refractivity contribution is 7.72. The Bertz CT molecular complexity index is 4010. The molecular weight excluding hydrogens is 1110 g/mol. The zero-order chi connectivity index (χ0) is 58.9. The van der Waals surface area contributed by atoms with E-state index in [1.165, 1.54) is 12.7 Å². The van der Waals surface area contributed by atoms with E-state index in [0.29, 0.717) is 70.9 Å². The van der Waals surface area contributed by atoms with Crippen LogP contribution in [0.4, 0.5) is 34.9 Å². The van der Waals surface area contributed by atoms with Crippen LogP contribution in [0.2, 0.25) is 0 Å². The van der Waals surface area contributed by atoms with E-state index < -0.39 is 21.4 Å². The van der Waals surface area contributed by atoms with Gasteiger partial charge in [0, 0.05) is 90.9 Å². The van der Waals surface area contributed by atoms with E-state index in [1.54, 1.807) is 74.7 Å². The van der Waals surface area contributed by atoms with Gasteiger partial charge in [-0.05, 0) is 80.6 Å². The minimum Gasteiger partial charge on any atom is -0.495 e. The highest BCUT2D eigenvalue weighted by Crippen LogP contribution is 2.50. The fraction of sp³-hybridized carbons (Fsp3) is 0.328. The molecule has 0 radical (unpaired) electrons. The fourth-order valence-corrected chi connectivity index (χ4v) is 15.2. The van der Waals surface area contributed by atoms with Crippen LogP contribution in [0.3, 0.4) is 0 Å². The number of anilines is 6. The van der Waals surface area contributed by atoms with Crippen molar-refractivity contribution in [3.8, 4) is 28.5 Å². The molecule has 0 bridgehead atoms. The van der Waals surface area contributed by atoms with Gasteiger partial charge >= 0.3 is 0 Å². The molecule has 1 aliphatic rings. The van der Waals surface area contributed by atoms with Gasteiger partial charge in [0.2, 0.25) is 11.9 Å². The Morgan fingerprint density at radius 1 is 0.675 bits per heavy atom. The minimum atomic E-state index is -2.37. The summed E-state index contributed by atoms with van der Waals surface area (Å²) in [7, 11) is 1.71. The predicted molar refractivity (Wildman–Crippen MR) is 333 cm³/mol. The molecule has 0 saturated carbocycles. The van der Waals surface area contributed by atoms with Gasteiger partial charge in [0.1, 0.15) is 56.6 Å². The number of fused-ring (bicyclic) bond motifs is 3. The lowest BCUT2D eigenvalue weighted by atomic mass is 10.2. The average molecular weight is 1180 g/mol. The van der Waals surface area contributed by atoms with Crippen molar-refractivity contribution in [1.82, 2.24) is 58.5 Å². The van der Waals surface area contributed by atoms with Crippen LogP contribution in [0.1, 0.15) is 51.3 Å². The Hall–Kier alpha value is -8.18. The van der Waals surface area contributed by atoms with Gasteiger partial charge in [-0.15, -0.1) is 5.10 Å². The van der Waals surface area contributed by atoms with E-state index in [0.717, 1.165) is 87.0 Å². The van der Waals surface area contributed by atoms with Crippen LogP contribution in [-0.4, -0.2) is 132 Å². The Morgan fingerprint density at radius 2 is 1.36 bits per heavy atom. The molecule has 10 aromatic rings. The van der Waals surface area contributed by atoms with Crippen LogP contribution in [0.15, 0.2) is 123 Å². The number of imidazole rings is 2. The van der Waals surface area contributed by atoms with Gasteiger partial charge in [-0.2, -0.15) is 14.6 Å². The first-order valence-corrected chi connectivity index (χ1v) is 34.1. The van der Waals surface area contributed by atoms with Crippen molar-refractivity contribution in [2.45, 2.75) is 53.0 Å². The van der Waals surface area contributed by atoms with Gasteiger partial charge in [-0.1, -0.05) is 51.5 Å². The summed E-state index contributed by atoms with van der Waals surface area (Å²) in [5, 5.41) is 21.2. The zero-order valence-corrected chi connectivity index (χ0v) is 51.2. The van der Waals surface area contributed by atoms with Gasteiger partial charge in [0.15, 0.2) is 16.9 Å². The monoisotopic (exact) mass is 1180 g/mol. The number of hydrogen-bond acceptors (Lipinski definition) is 19. The lowest BCUT2D eigenvalue weighted by Gasteiger charge is -2.24. The second-order valence-electron chi connectivity index (χ2n) is 20.4. The molecule has 1 fully saturated rings.